The standard InChI is InChI=1S/C18H19N3O4.CH4S/c1-19-14-8-13-15(22)10-21-17(13)18(24-2)12(14)5-6-16(23)20-9-11-4-3-7-25-11;1-2/h3-8,19,21H,9-10H2,1-2H3,(H,20,23);2H,1H3/b6-5+;. The van der Waals surface area contributed by atoms with Crippen molar-refractivity contribution in [3.8, 4) is 5.75 Å². The Bertz CT molecular complexity index is 832. The molecule has 144 valence electrons. The summed E-state index contributed by atoms with van der Waals surface area (Å²) in [5.74, 6) is 0.958. The van der Waals surface area contributed by atoms with Gasteiger partial charge in [0.2, 0.25) is 5.91 Å². The van der Waals surface area contributed by atoms with Crippen LogP contribution in [0.3, 0.4) is 0 Å². The number of hydrogen-bond donors (Lipinski definition) is 4. The quantitative estimate of drug-likeness (QED) is 0.449. The lowest BCUT2D eigenvalue weighted by molar-refractivity contribution is -0.116. The first kappa shape index (κ1) is 20.4. The molecule has 1 aliphatic heterocycles. The molecule has 1 aromatic carbocycles. The van der Waals surface area contributed by atoms with Gasteiger partial charge in [0.25, 0.3) is 0 Å². The number of furan rings is 1. The molecule has 2 heterocycles. The van der Waals surface area contributed by atoms with E-state index in [0.717, 1.165) is 0 Å². The summed E-state index contributed by atoms with van der Waals surface area (Å²) in [7, 11) is 3.29. The summed E-state index contributed by atoms with van der Waals surface area (Å²) < 4.78 is 10.6. The van der Waals surface area contributed by atoms with E-state index in [0.29, 0.717) is 40.6 Å². The lowest BCUT2D eigenvalue weighted by atomic mass is 10.0. The maximum Gasteiger partial charge on any atom is 0.244 e. The van der Waals surface area contributed by atoms with E-state index in [1.54, 1.807) is 43.8 Å². The van der Waals surface area contributed by atoms with Gasteiger partial charge in [-0.25, -0.2) is 0 Å². The minimum Gasteiger partial charge on any atom is -0.494 e. The Hall–Kier alpha value is -2.87. The zero-order valence-corrected chi connectivity index (χ0v) is 16.4. The third-order valence-corrected chi connectivity index (χ3v) is 3.94. The Morgan fingerprint density at radius 2 is 2.22 bits per heavy atom. The third-order valence-electron chi connectivity index (χ3n) is 3.94. The first-order valence-electron chi connectivity index (χ1n) is 8.27. The molecule has 0 bridgehead atoms. The van der Waals surface area contributed by atoms with Crippen LogP contribution in [-0.4, -0.2) is 38.6 Å². The summed E-state index contributed by atoms with van der Waals surface area (Å²) in [6.45, 7) is 0.554. The Labute approximate surface area is 163 Å². The maximum absolute atomic E-state index is 12.0. The van der Waals surface area contributed by atoms with Gasteiger partial charge in [0.05, 0.1) is 32.1 Å². The molecule has 0 aliphatic carbocycles. The van der Waals surface area contributed by atoms with E-state index in [9.17, 15) is 9.59 Å². The largest absolute Gasteiger partial charge is 0.494 e. The molecule has 27 heavy (non-hydrogen) atoms. The highest BCUT2D eigenvalue weighted by Crippen LogP contribution is 2.41. The highest BCUT2D eigenvalue weighted by molar-refractivity contribution is 7.79. The van der Waals surface area contributed by atoms with Crippen molar-refractivity contribution in [2.24, 2.45) is 0 Å². The number of carbonyl (C=O) groups excluding carboxylic acids is 2. The Kier molecular flexibility index (Phi) is 7.36. The number of benzene rings is 1. The van der Waals surface area contributed by atoms with E-state index < -0.39 is 0 Å². The third kappa shape index (κ3) is 4.65. The number of anilines is 2. The van der Waals surface area contributed by atoms with E-state index >= 15 is 0 Å². The fourth-order valence-corrected chi connectivity index (χ4v) is 2.72. The first-order valence-corrected chi connectivity index (χ1v) is 9.16. The lowest BCUT2D eigenvalue weighted by Crippen LogP contribution is -2.19. The van der Waals surface area contributed by atoms with Crippen molar-refractivity contribution < 1.29 is 18.7 Å². The minimum absolute atomic E-state index is 0.0107. The maximum atomic E-state index is 12.0. The second-order valence-electron chi connectivity index (χ2n) is 5.45. The van der Waals surface area contributed by atoms with E-state index in [1.165, 1.54) is 13.2 Å². The second kappa shape index (κ2) is 9.72. The molecule has 0 fully saturated rings. The van der Waals surface area contributed by atoms with Gasteiger partial charge in [0, 0.05) is 29.9 Å². The molecule has 1 aliphatic rings. The number of amides is 1. The number of Topliss-reactive ketones (excluding diaryl/α,β-unsaturated/α-hetero) is 1. The molecule has 2 aromatic rings. The van der Waals surface area contributed by atoms with Crippen LogP contribution < -0.4 is 20.7 Å². The van der Waals surface area contributed by atoms with Crippen LogP contribution in [0.2, 0.25) is 0 Å². The number of nitrogens with one attached hydrogen (secondary N) is 3. The first-order chi connectivity index (χ1) is 13.1. The van der Waals surface area contributed by atoms with Crippen LogP contribution in [0.1, 0.15) is 21.7 Å². The van der Waals surface area contributed by atoms with E-state index in [1.807, 2.05) is 0 Å². The van der Waals surface area contributed by atoms with Crippen LogP contribution >= 0.6 is 12.6 Å². The van der Waals surface area contributed by atoms with Crippen molar-refractivity contribution in [2.75, 3.05) is 37.6 Å². The van der Waals surface area contributed by atoms with Crippen molar-refractivity contribution in [1.29, 1.82) is 0 Å². The number of ketones is 1. The average molecular weight is 389 g/mol. The van der Waals surface area contributed by atoms with E-state index in [2.05, 4.69) is 28.6 Å². The zero-order valence-electron chi connectivity index (χ0n) is 15.5. The van der Waals surface area contributed by atoms with Crippen molar-refractivity contribution in [2.45, 2.75) is 6.54 Å². The number of methoxy groups -OCH3 is 1. The molecule has 1 aromatic heterocycles. The predicted molar refractivity (Wildman–Crippen MR) is 110 cm³/mol. The predicted octanol–water partition coefficient (Wildman–Crippen LogP) is 2.81. The molecular weight excluding hydrogens is 366 g/mol. The van der Waals surface area contributed by atoms with Crippen LogP contribution in [0.4, 0.5) is 11.4 Å². The highest BCUT2D eigenvalue weighted by Gasteiger charge is 2.26. The van der Waals surface area contributed by atoms with E-state index in [-0.39, 0.29) is 18.2 Å². The molecule has 0 unspecified atom stereocenters. The SMILES string of the molecule is CNc1cc2c(c(OC)c1/C=C/C(=O)NCc1ccco1)NCC2=O.CS. The topological polar surface area (TPSA) is 92.6 Å². The molecular formula is C19H23N3O4S. The molecule has 7 nitrogen and oxygen atoms in total. The van der Waals surface area contributed by atoms with Gasteiger partial charge < -0.3 is 25.1 Å². The lowest BCUT2D eigenvalue weighted by Gasteiger charge is -2.15. The van der Waals surface area contributed by atoms with Crippen molar-refractivity contribution >= 4 is 41.8 Å². The average Bonchev–Trinajstić information content (AvgIpc) is 3.35. The van der Waals surface area contributed by atoms with Crippen molar-refractivity contribution in [3.63, 3.8) is 0 Å². The van der Waals surface area contributed by atoms with Gasteiger partial charge in [-0.3, -0.25) is 9.59 Å². The van der Waals surface area contributed by atoms with Gasteiger partial charge >= 0.3 is 0 Å². The van der Waals surface area contributed by atoms with E-state index in [4.69, 9.17) is 9.15 Å². The minimum atomic E-state index is -0.259. The summed E-state index contributed by atoms with van der Waals surface area (Å²) in [6.07, 6.45) is 6.33. The van der Waals surface area contributed by atoms with Crippen LogP contribution in [0, 0.1) is 0 Å². The van der Waals surface area contributed by atoms with Crippen LogP contribution in [0.15, 0.2) is 35.0 Å². The summed E-state index contributed by atoms with van der Waals surface area (Å²) in [5, 5.41) is 8.82. The number of ether oxygens (including phenoxy) is 1. The molecule has 1 amide bonds. The highest BCUT2D eigenvalue weighted by atomic mass is 32.1. The monoisotopic (exact) mass is 389 g/mol. The van der Waals surface area contributed by atoms with Gasteiger partial charge in [0.15, 0.2) is 11.5 Å². The smallest absolute Gasteiger partial charge is 0.244 e. The fraction of sp³-hybridized carbons (Fsp3) is 0.263. The number of hydrogen-bond acceptors (Lipinski definition) is 7. The summed E-state index contributed by atoms with van der Waals surface area (Å²) in [6, 6.07) is 5.32. The van der Waals surface area contributed by atoms with Crippen molar-refractivity contribution in [3.05, 3.63) is 47.4 Å². The molecule has 0 spiro atoms. The second-order valence-corrected chi connectivity index (χ2v) is 5.45. The number of rotatable bonds is 6. The summed E-state index contributed by atoms with van der Waals surface area (Å²) in [5.41, 5.74) is 2.64. The Morgan fingerprint density at radius 3 is 2.85 bits per heavy atom. The zero-order chi connectivity index (χ0) is 19.8. The van der Waals surface area contributed by atoms with Gasteiger partial charge in [-0.1, -0.05) is 0 Å². The number of carbonyl (C=O) groups is 2. The van der Waals surface area contributed by atoms with Crippen LogP contribution in [0.25, 0.3) is 6.08 Å². The van der Waals surface area contributed by atoms with Crippen LogP contribution in [-0.2, 0) is 11.3 Å². The van der Waals surface area contributed by atoms with Gasteiger partial charge in [-0.05, 0) is 30.5 Å². The molecule has 3 rings (SSSR count). The molecule has 0 atom stereocenters. The molecule has 3 N–H and O–H groups in total. The van der Waals surface area contributed by atoms with Gasteiger partial charge in [0.1, 0.15) is 5.76 Å². The molecule has 0 radical (unpaired) electrons. The van der Waals surface area contributed by atoms with Crippen molar-refractivity contribution in [1.82, 2.24) is 5.32 Å². The number of thiol groups is 1. The Morgan fingerprint density at radius 1 is 1.44 bits per heavy atom. The fourth-order valence-electron chi connectivity index (χ4n) is 2.72. The van der Waals surface area contributed by atoms with Gasteiger partial charge in [-0.2, -0.15) is 12.6 Å². The number of fused-ring (bicyclic) bond motifs is 1. The summed E-state index contributed by atoms with van der Waals surface area (Å²) >= 11 is 3.53. The van der Waals surface area contributed by atoms with Crippen LogP contribution in [0.5, 0.6) is 5.75 Å². The summed E-state index contributed by atoms with van der Waals surface area (Å²) in [4.78, 5) is 24.0. The molecule has 0 saturated carbocycles. The van der Waals surface area contributed by atoms with Gasteiger partial charge in [-0.15, -0.1) is 0 Å². The molecule has 0 saturated heterocycles. The normalized spacial score (nSPS) is 12.1. The Balaban J connectivity index is 0.00000126. The molecule has 8 heteroatoms.